The van der Waals surface area contributed by atoms with E-state index in [0.717, 1.165) is 12.8 Å². The first-order chi connectivity index (χ1) is 12.1. The van der Waals surface area contributed by atoms with Gasteiger partial charge in [0, 0.05) is 12.8 Å². The Morgan fingerprint density at radius 3 is 2.40 bits per heavy atom. The van der Waals surface area contributed by atoms with Gasteiger partial charge >= 0.3 is 5.97 Å². The van der Waals surface area contributed by atoms with Crippen LogP contribution in [0, 0.1) is 0 Å². The van der Waals surface area contributed by atoms with E-state index in [0.29, 0.717) is 24.5 Å². The van der Waals surface area contributed by atoms with Crippen molar-refractivity contribution in [3.8, 4) is 5.75 Å². The number of carboxylic acid groups (broad SMARTS) is 1. The zero-order chi connectivity index (χ0) is 17.9. The monoisotopic (exact) mass is 341 g/mol. The summed E-state index contributed by atoms with van der Waals surface area (Å²) >= 11 is 0. The first kappa shape index (κ1) is 18.5. The van der Waals surface area contributed by atoms with E-state index in [9.17, 15) is 9.59 Å². The molecule has 0 fully saturated rings. The molecule has 5 heteroatoms. The average Bonchev–Trinajstić information content (AvgIpc) is 2.60. The predicted octanol–water partition coefficient (Wildman–Crippen LogP) is 3.89. The molecule has 0 aliphatic carbocycles. The minimum Gasteiger partial charge on any atom is -0.491 e. The van der Waals surface area contributed by atoms with Crippen LogP contribution in [0.15, 0.2) is 54.6 Å². The molecule has 0 saturated carbocycles. The third kappa shape index (κ3) is 7.08. The Labute approximate surface area is 147 Å². The van der Waals surface area contributed by atoms with Crippen molar-refractivity contribution < 1.29 is 19.4 Å². The molecule has 132 valence electrons. The number of rotatable bonds is 10. The highest BCUT2D eigenvalue weighted by Crippen LogP contribution is 2.24. The Morgan fingerprint density at radius 1 is 0.920 bits per heavy atom. The average molecular weight is 341 g/mol. The number of aliphatic carboxylic acids is 1. The van der Waals surface area contributed by atoms with Gasteiger partial charge in [-0.1, -0.05) is 42.5 Å². The van der Waals surface area contributed by atoms with E-state index in [4.69, 9.17) is 9.84 Å². The molecule has 0 spiro atoms. The fourth-order valence-electron chi connectivity index (χ4n) is 2.41. The lowest BCUT2D eigenvalue weighted by atomic mass is 10.1. The van der Waals surface area contributed by atoms with E-state index >= 15 is 0 Å². The number of amides is 1. The van der Waals surface area contributed by atoms with Crippen LogP contribution in [0.5, 0.6) is 5.75 Å². The lowest BCUT2D eigenvalue weighted by Gasteiger charge is -2.12. The number of benzene rings is 2. The van der Waals surface area contributed by atoms with E-state index in [-0.39, 0.29) is 18.7 Å². The van der Waals surface area contributed by atoms with Crippen molar-refractivity contribution >= 4 is 17.6 Å². The van der Waals surface area contributed by atoms with Gasteiger partial charge in [-0.25, -0.2) is 0 Å². The molecule has 1 amide bonds. The minimum atomic E-state index is -0.894. The fraction of sp³-hybridized carbons (Fsp3) is 0.300. The minimum absolute atomic E-state index is 0.00888. The zero-order valence-corrected chi connectivity index (χ0v) is 14.1. The summed E-state index contributed by atoms with van der Waals surface area (Å²) in [5.74, 6) is -0.473. The summed E-state index contributed by atoms with van der Waals surface area (Å²) in [5, 5.41) is 11.4. The standard InChI is InChI=1S/C20H23NO4/c22-19(13-6-14-20(23)24)21-17-11-4-5-12-18(17)25-15-7-10-16-8-2-1-3-9-16/h1-5,8-9,11-12H,6-7,10,13-15H2,(H,21,22)(H,23,24). The number of hydrogen-bond acceptors (Lipinski definition) is 3. The van der Waals surface area contributed by atoms with Crippen molar-refractivity contribution in [1.82, 2.24) is 0 Å². The summed E-state index contributed by atoms with van der Waals surface area (Å²) in [6.45, 7) is 0.556. The Hall–Kier alpha value is -2.82. The number of carbonyl (C=O) groups excluding carboxylic acids is 1. The quantitative estimate of drug-likeness (QED) is 0.643. The molecule has 2 N–H and O–H groups in total. The molecule has 0 bridgehead atoms. The van der Waals surface area contributed by atoms with Crippen LogP contribution >= 0.6 is 0 Å². The smallest absolute Gasteiger partial charge is 0.303 e. The molecule has 25 heavy (non-hydrogen) atoms. The number of carbonyl (C=O) groups is 2. The molecule has 2 rings (SSSR count). The topological polar surface area (TPSA) is 75.6 Å². The maximum Gasteiger partial charge on any atom is 0.303 e. The van der Waals surface area contributed by atoms with Gasteiger partial charge in [-0.15, -0.1) is 0 Å². The highest BCUT2D eigenvalue weighted by atomic mass is 16.5. The van der Waals surface area contributed by atoms with Crippen LogP contribution in [0.1, 0.15) is 31.2 Å². The van der Waals surface area contributed by atoms with Crippen LogP contribution in [-0.2, 0) is 16.0 Å². The summed E-state index contributed by atoms with van der Waals surface area (Å²) in [7, 11) is 0. The summed E-state index contributed by atoms with van der Waals surface area (Å²) in [5.41, 5.74) is 1.88. The molecular formula is C20H23NO4. The van der Waals surface area contributed by atoms with Crippen molar-refractivity contribution in [2.24, 2.45) is 0 Å². The lowest BCUT2D eigenvalue weighted by molar-refractivity contribution is -0.137. The number of para-hydroxylation sites is 2. The number of ether oxygens (including phenoxy) is 1. The van der Waals surface area contributed by atoms with Crippen LogP contribution in [0.25, 0.3) is 0 Å². The Bertz CT molecular complexity index is 685. The van der Waals surface area contributed by atoms with E-state index < -0.39 is 5.97 Å². The van der Waals surface area contributed by atoms with Crippen LogP contribution in [-0.4, -0.2) is 23.6 Å². The van der Waals surface area contributed by atoms with Crippen LogP contribution < -0.4 is 10.1 Å². The Morgan fingerprint density at radius 2 is 1.64 bits per heavy atom. The third-order valence-electron chi connectivity index (χ3n) is 3.67. The van der Waals surface area contributed by atoms with Gasteiger partial charge in [0.15, 0.2) is 0 Å². The number of carboxylic acids is 1. The van der Waals surface area contributed by atoms with Gasteiger partial charge in [0.1, 0.15) is 5.75 Å². The molecule has 5 nitrogen and oxygen atoms in total. The second-order valence-electron chi connectivity index (χ2n) is 5.73. The van der Waals surface area contributed by atoms with Crippen molar-refractivity contribution in [2.45, 2.75) is 32.1 Å². The van der Waals surface area contributed by atoms with Crippen LogP contribution in [0.3, 0.4) is 0 Å². The Kier molecular flexibility index (Phi) is 7.50. The maximum atomic E-state index is 11.9. The van der Waals surface area contributed by atoms with Crippen LogP contribution in [0.4, 0.5) is 5.69 Å². The second kappa shape index (κ2) is 10.1. The molecule has 0 atom stereocenters. The molecule has 0 heterocycles. The lowest BCUT2D eigenvalue weighted by Crippen LogP contribution is -2.13. The maximum absolute atomic E-state index is 11.9. The largest absolute Gasteiger partial charge is 0.491 e. The van der Waals surface area contributed by atoms with E-state index in [1.54, 1.807) is 6.07 Å². The van der Waals surface area contributed by atoms with E-state index in [2.05, 4.69) is 17.4 Å². The molecule has 0 aliphatic heterocycles. The van der Waals surface area contributed by atoms with Crippen molar-refractivity contribution in [3.63, 3.8) is 0 Å². The van der Waals surface area contributed by atoms with E-state index in [1.165, 1.54) is 5.56 Å². The third-order valence-corrected chi connectivity index (χ3v) is 3.67. The molecule has 0 aromatic heterocycles. The van der Waals surface area contributed by atoms with Gasteiger partial charge < -0.3 is 15.2 Å². The zero-order valence-electron chi connectivity index (χ0n) is 14.1. The van der Waals surface area contributed by atoms with E-state index in [1.807, 2.05) is 36.4 Å². The van der Waals surface area contributed by atoms with Crippen molar-refractivity contribution in [1.29, 1.82) is 0 Å². The summed E-state index contributed by atoms with van der Waals surface area (Å²) in [6.07, 6.45) is 2.30. The fourth-order valence-corrected chi connectivity index (χ4v) is 2.41. The molecule has 2 aromatic rings. The number of hydrogen-bond donors (Lipinski definition) is 2. The normalized spacial score (nSPS) is 10.2. The van der Waals surface area contributed by atoms with Crippen molar-refractivity contribution in [2.75, 3.05) is 11.9 Å². The number of aryl methyl sites for hydroxylation is 1. The van der Waals surface area contributed by atoms with Crippen molar-refractivity contribution in [3.05, 3.63) is 60.2 Å². The summed E-state index contributed by atoms with van der Waals surface area (Å²) < 4.78 is 5.79. The highest BCUT2D eigenvalue weighted by Gasteiger charge is 2.08. The van der Waals surface area contributed by atoms with Crippen LogP contribution in [0.2, 0.25) is 0 Å². The predicted molar refractivity (Wildman–Crippen MR) is 96.8 cm³/mol. The summed E-state index contributed by atoms with van der Waals surface area (Å²) in [6, 6.07) is 17.5. The molecule has 0 unspecified atom stereocenters. The molecule has 0 saturated heterocycles. The number of anilines is 1. The second-order valence-corrected chi connectivity index (χ2v) is 5.73. The summed E-state index contributed by atoms with van der Waals surface area (Å²) in [4.78, 5) is 22.4. The van der Waals surface area contributed by atoms with Gasteiger partial charge in [-0.05, 0) is 37.0 Å². The first-order valence-electron chi connectivity index (χ1n) is 8.42. The van der Waals surface area contributed by atoms with Gasteiger partial charge in [0.25, 0.3) is 0 Å². The Balaban J connectivity index is 1.79. The number of nitrogens with one attached hydrogen (secondary N) is 1. The van der Waals surface area contributed by atoms with Gasteiger partial charge in [0.05, 0.1) is 12.3 Å². The van der Waals surface area contributed by atoms with Gasteiger partial charge in [-0.3, -0.25) is 9.59 Å². The van der Waals surface area contributed by atoms with Gasteiger partial charge in [0.2, 0.25) is 5.91 Å². The highest BCUT2D eigenvalue weighted by molar-refractivity contribution is 5.92. The molecular weight excluding hydrogens is 318 g/mol. The molecule has 0 radical (unpaired) electrons. The van der Waals surface area contributed by atoms with Gasteiger partial charge in [-0.2, -0.15) is 0 Å². The molecule has 0 aliphatic rings. The first-order valence-corrected chi connectivity index (χ1v) is 8.42. The SMILES string of the molecule is O=C(O)CCCC(=O)Nc1ccccc1OCCCc1ccccc1. The molecule has 2 aromatic carbocycles.